The minimum atomic E-state index is 0.277. The van der Waals surface area contributed by atoms with Crippen LogP contribution in [0, 0.1) is 0 Å². The van der Waals surface area contributed by atoms with Crippen LogP contribution in [0.1, 0.15) is 25.3 Å². The molecule has 3 heteroatoms. The molecule has 0 spiro atoms. The van der Waals surface area contributed by atoms with E-state index in [1.54, 1.807) is 0 Å². The van der Waals surface area contributed by atoms with E-state index in [1.165, 1.54) is 5.56 Å². The number of nitrogens with zero attached hydrogens (tertiary/aromatic N) is 1. The summed E-state index contributed by atoms with van der Waals surface area (Å²) in [5, 5.41) is 3.43. The van der Waals surface area contributed by atoms with Gasteiger partial charge in [0.15, 0.2) is 0 Å². The average molecular weight is 246 g/mol. The van der Waals surface area contributed by atoms with Crippen LogP contribution >= 0.6 is 0 Å². The Kier molecular flexibility index (Phi) is 4.76. The summed E-state index contributed by atoms with van der Waals surface area (Å²) >= 11 is 0. The molecule has 0 radical (unpaired) electrons. The molecule has 2 rings (SSSR count). The summed E-state index contributed by atoms with van der Waals surface area (Å²) in [4.78, 5) is 14.1. The molecule has 3 nitrogen and oxygen atoms in total. The summed E-state index contributed by atoms with van der Waals surface area (Å²) in [5.41, 5.74) is 1.31. The molecular formula is C15H22N2O. The lowest BCUT2D eigenvalue weighted by atomic mass is 10.0. The number of hydrogen-bond acceptors (Lipinski definition) is 2. The van der Waals surface area contributed by atoms with Crippen molar-refractivity contribution >= 4 is 5.91 Å². The first-order chi connectivity index (χ1) is 8.81. The van der Waals surface area contributed by atoms with Crippen molar-refractivity contribution in [2.75, 3.05) is 19.6 Å². The quantitative estimate of drug-likeness (QED) is 0.882. The maximum atomic E-state index is 12.0. The second-order valence-electron chi connectivity index (χ2n) is 4.84. The Balaban J connectivity index is 2.08. The maximum Gasteiger partial charge on any atom is 0.222 e. The molecule has 1 aliphatic heterocycles. The van der Waals surface area contributed by atoms with Gasteiger partial charge in [-0.25, -0.2) is 0 Å². The van der Waals surface area contributed by atoms with Crippen molar-refractivity contribution in [3.05, 3.63) is 35.9 Å². The fraction of sp³-hybridized carbons (Fsp3) is 0.533. The first-order valence-electron chi connectivity index (χ1n) is 6.85. The Morgan fingerprint density at radius 2 is 2.17 bits per heavy atom. The van der Waals surface area contributed by atoms with Crippen molar-refractivity contribution in [1.82, 2.24) is 10.2 Å². The van der Waals surface area contributed by atoms with Gasteiger partial charge in [0.1, 0.15) is 0 Å². The molecule has 0 bridgehead atoms. The number of carbonyl (C=O) groups excluding carboxylic acids is 1. The van der Waals surface area contributed by atoms with Crippen LogP contribution in [0.5, 0.6) is 0 Å². The van der Waals surface area contributed by atoms with Gasteiger partial charge in [-0.2, -0.15) is 0 Å². The van der Waals surface area contributed by atoms with E-state index in [9.17, 15) is 4.79 Å². The van der Waals surface area contributed by atoms with Crippen molar-refractivity contribution in [3.63, 3.8) is 0 Å². The summed E-state index contributed by atoms with van der Waals surface area (Å²) in [6.45, 7) is 4.75. The largest absolute Gasteiger partial charge is 0.338 e. The van der Waals surface area contributed by atoms with Gasteiger partial charge in [-0.3, -0.25) is 4.79 Å². The van der Waals surface area contributed by atoms with E-state index in [2.05, 4.69) is 34.5 Å². The minimum Gasteiger partial charge on any atom is -0.338 e. The monoisotopic (exact) mass is 246 g/mol. The zero-order chi connectivity index (χ0) is 12.8. The molecular weight excluding hydrogens is 224 g/mol. The summed E-state index contributed by atoms with van der Waals surface area (Å²) in [5.74, 6) is 0.277. The van der Waals surface area contributed by atoms with E-state index in [4.69, 9.17) is 0 Å². The van der Waals surface area contributed by atoms with E-state index < -0.39 is 0 Å². The lowest BCUT2D eigenvalue weighted by molar-refractivity contribution is -0.132. The highest BCUT2D eigenvalue weighted by atomic mass is 16.2. The van der Waals surface area contributed by atoms with Gasteiger partial charge in [-0.15, -0.1) is 0 Å². The summed E-state index contributed by atoms with van der Waals surface area (Å²) in [7, 11) is 0. The molecule has 0 aromatic heterocycles. The van der Waals surface area contributed by atoms with Gasteiger partial charge < -0.3 is 10.2 Å². The number of rotatable bonds is 3. The third-order valence-electron chi connectivity index (χ3n) is 3.51. The summed E-state index contributed by atoms with van der Waals surface area (Å²) < 4.78 is 0. The van der Waals surface area contributed by atoms with Crippen molar-refractivity contribution in [3.8, 4) is 0 Å². The molecule has 1 N–H and O–H groups in total. The highest BCUT2D eigenvalue weighted by molar-refractivity contribution is 5.76. The predicted molar refractivity (Wildman–Crippen MR) is 73.4 cm³/mol. The maximum absolute atomic E-state index is 12.0. The first-order valence-corrected chi connectivity index (χ1v) is 6.85. The topological polar surface area (TPSA) is 32.3 Å². The van der Waals surface area contributed by atoms with Crippen LogP contribution < -0.4 is 5.32 Å². The van der Waals surface area contributed by atoms with Crippen LogP contribution in [0.2, 0.25) is 0 Å². The highest BCUT2D eigenvalue weighted by Crippen LogP contribution is 2.12. The second-order valence-corrected chi connectivity index (χ2v) is 4.84. The molecule has 0 aliphatic carbocycles. The SMILES string of the molecule is CCC(=O)N1CCCNCC1Cc1ccccc1. The molecule has 1 saturated heterocycles. The Hall–Kier alpha value is -1.35. The van der Waals surface area contributed by atoms with Crippen LogP contribution in [0.4, 0.5) is 0 Å². The lowest BCUT2D eigenvalue weighted by Crippen LogP contribution is -2.44. The van der Waals surface area contributed by atoms with Gasteiger partial charge in [0.2, 0.25) is 5.91 Å². The number of nitrogens with one attached hydrogen (secondary N) is 1. The van der Waals surface area contributed by atoms with Crippen LogP contribution in [0.15, 0.2) is 30.3 Å². The van der Waals surface area contributed by atoms with E-state index in [1.807, 2.05) is 13.0 Å². The van der Waals surface area contributed by atoms with Crippen LogP contribution in [0.3, 0.4) is 0 Å². The van der Waals surface area contributed by atoms with E-state index in [0.29, 0.717) is 12.5 Å². The molecule has 1 fully saturated rings. The average Bonchev–Trinajstić information content (AvgIpc) is 2.64. The fourth-order valence-electron chi connectivity index (χ4n) is 2.54. The number of hydrogen-bond donors (Lipinski definition) is 1. The van der Waals surface area contributed by atoms with Crippen molar-refractivity contribution in [1.29, 1.82) is 0 Å². The summed E-state index contributed by atoms with van der Waals surface area (Å²) in [6.07, 6.45) is 2.60. The zero-order valence-corrected chi connectivity index (χ0v) is 11.1. The third kappa shape index (κ3) is 3.33. The Labute approximate surface area is 109 Å². The molecule has 1 heterocycles. The van der Waals surface area contributed by atoms with Crippen LogP contribution in [-0.4, -0.2) is 36.5 Å². The van der Waals surface area contributed by atoms with E-state index in [0.717, 1.165) is 32.5 Å². The number of carbonyl (C=O) groups is 1. The smallest absolute Gasteiger partial charge is 0.222 e. The molecule has 1 aliphatic rings. The van der Waals surface area contributed by atoms with Gasteiger partial charge in [-0.1, -0.05) is 37.3 Å². The molecule has 98 valence electrons. The molecule has 18 heavy (non-hydrogen) atoms. The summed E-state index contributed by atoms with van der Waals surface area (Å²) in [6, 6.07) is 10.7. The standard InChI is InChI=1S/C15H22N2O/c1-2-15(18)17-10-6-9-16-12-14(17)11-13-7-4-3-5-8-13/h3-5,7-8,14,16H,2,6,9-12H2,1H3. The predicted octanol–water partition coefficient (Wildman–Crippen LogP) is 1.83. The second kappa shape index (κ2) is 6.55. The van der Waals surface area contributed by atoms with Crippen molar-refractivity contribution in [2.45, 2.75) is 32.2 Å². The highest BCUT2D eigenvalue weighted by Gasteiger charge is 2.24. The molecule has 1 amide bonds. The van der Waals surface area contributed by atoms with E-state index >= 15 is 0 Å². The third-order valence-corrected chi connectivity index (χ3v) is 3.51. The normalized spacial score (nSPS) is 20.5. The number of amides is 1. The van der Waals surface area contributed by atoms with Crippen molar-refractivity contribution in [2.24, 2.45) is 0 Å². The van der Waals surface area contributed by atoms with Crippen LogP contribution in [0.25, 0.3) is 0 Å². The van der Waals surface area contributed by atoms with Gasteiger partial charge in [0.05, 0.1) is 0 Å². The first kappa shape index (κ1) is 13.1. The van der Waals surface area contributed by atoms with Crippen molar-refractivity contribution < 1.29 is 4.79 Å². The molecule has 1 aromatic carbocycles. The Bertz CT molecular complexity index is 377. The molecule has 1 atom stereocenters. The van der Waals surface area contributed by atoms with Gasteiger partial charge in [0, 0.05) is 25.6 Å². The molecule has 1 unspecified atom stereocenters. The fourth-order valence-corrected chi connectivity index (χ4v) is 2.54. The Morgan fingerprint density at radius 1 is 1.39 bits per heavy atom. The van der Waals surface area contributed by atoms with Crippen LogP contribution in [-0.2, 0) is 11.2 Å². The van der Waals surface area contributed by atoms with E-state index in [-0.39, 0.29) is 5.91 Å². The minimum absolute atomic E-state index is 0.277. The van der Waals surface area contributed by atoms with Gasteiger partial charge in [0.25, 0.3) is 0 Å². The van der Waals surface area contributed by atoms with Gasteiger partial charge in [-0.05, 0) is 24.9 Å². The molecule has 1 aromatic rings. The van der Waals surface area contributed by atoms with Gasteiger partial charge >= 0.3 is 0 Å². The molecule has 0 saturated carbocycles. The number of benzene rings is 1. The lowest BCUT2D eigenvalue weighted by Gasteiger charge is -2.29. The zero-order valence-electron chi connectivity index (χ0n) is 11.1. The Morgan fingerprint density at radius 3 is 2.89 bits per heavy atom.